The van der Waals surface area contributed by atoms with E-state index in [-0.39, 0.29) is 19.1 Å². The molecule has 0 radical (unpaired) electrons. The summed E-state index contributed by atoms with van der Waals surface area (Å²) in [5.41, 5.74) is 0. The number of likely N-dealkylation sites (N-methyl/N-ethyl adjacent to an activating group) is 1. The molecule has 0 aromatic carbocycles. The maximum atomic E-state index is 13.1. The maximum absolute atomic E-state index is 13.1. The molecule has 0 spiro atoms. The summed E-state index contributed by atoms with van der Waals surface area (Å²) >= 11 is 0. The van der Waals surface area contributed by atoms with Crippen molar-refractivity contribution in [2.24, 2.45) is 0 Å². The van der Waals surface area contributed by atoms with Crippen LogP contribution in [0.1, 0.15) is 303 Å². The third-order valence-electron chi connectivity index (χ3n) is 15.1. The second kappa shape index (κ2) is 62.0. The van der Waals surface area contributed by atoms with E-state index >= 15 is 0 Å². The number of hydrogen-bond donors (Lipinski definition) is 3. The van der Waals surface area contributed by atoms with E-state index in [1.165, 1.54) is 186 Å². The van der Waals surface area contributed by atoms with Gasteiger partial charge >= 0.3 is 7.82 Å². The number of hydrogen-bond acceptors (Lipinski definition) is 5. The minimum atomic E-state index is -4.33. The Kier molecular flexibility index (Phi) is 60.0. The number of carbonyl (C=O) groups excluding carboxylic acids is 1. The Morgan fingerprint density at radius 1 is 0.432 bits per heavy atom. The number of unbranched alkanes of at least 4 members (excludes halogenated alkanes) is 33. The molecule has 8 nitrogen and oxygen atoms in total. The van der Waals surface area contributed by atoms with Gasteiger partial charge in [-0.25, -0.2) is 4.57 Å². The molecule has 0 aromatic rings. The van der Waals surface area contributed by atoms with Crippen LogP contribution in [0.3, 0.4) is 0 Å². The summed E-state index contributed by atoms with van der Waals surface area (Å²) in [6.07, 6.45) is 89.2. The molecule has 1 amide bonds. The van der Waals surface area contributed by atoms with E-state index in [0.717, 1.165) is 89.9 Å². The Bertz CT molecular complexity index is 1640. The zero-order valence-corrected chi connectivity index (χ0v) is 54.6. The molecule has 0 aliphatic heterocycles. The standard InChI is InChI=1S/C72H131N2O6P/c1-6-8-10-12-14-16-18-20-22-24-26-28-29-30-31-32-33-34-35-36-37-38-39-40-41-42-43-44-45-46-48-50-52-54-56-58-60-62-64-66-72(76)73-70(69-80-81(77,78)79-68-67-74(3,4)5)71(75)65-63-61-59-57-55-53-51-49-47-27-25-23-21-19-17-15-13-11-9-7-2/h8,10,14,16,20,22,26,28,30-31,33-34,36-37,39-40,70-71,75H,6-7,9,11-13,15,17-19,21,23-25,27,29,32,35,38,41-69H2,1-5H3,(H-,73,76,77,78)/p+1/b10-8-,16-14-,22-20-,28-26-,31-30-,34-33-,37-36-,40-39-. The van der Waals surface area contributed by atoms with Crippen LogP contribution in [0, 0.1) is 0 Å². The van der Waals surface area contributed by atoms with Gasteiger partial charge in [0.25, 0.3) is 0 Å². The molecule has 0 aliphatic carbocycles. The van der Waals surface area contributed by atoms with Crippen molar-refractivity contribution in [1.29, 1.82) is 0 Å². The van der Waals surface area contributed by atoms with Gasteiger partial charge in [-0.1, -0.05) is 317 Å². The molecule has 81 heavy (non-hydrogen) atoms. The van der Waals surface area contributed by atoms with Gasteiger partial charge < -0.3 is 19.8 Å². The number of rotatable bonds is 62. The lowest BCUT2D eigenvalue weighted by atomic mass is 10.0. The molecule has 0 heterocycles. The number of nitrogens with one attached hydrogen (secondary N) is 1. The Balaban J connectivity index is 4.03. The number of carbonyl (C=O) groups is 1. The molecule has 470 valence electrons. The highest BCUT2D eigenvalue weighted by atomic mass is 31.2. The van der Waals surface area contributed by atoms with E-state index < -0.39 is 20.0 Å². The number of nitrogens with zero attached hydrogens (tertiary/aromatic N) is 1. The van der Waals surface area contributed by atoms with E-state index in [1.54, 1.807) is 0 Å². The molecule has 9 heteroatoms. The number of quaternary nitrogens is 1. The van der Waals surface area contributed by atoms with E-state index in [9.17, 15) is 19.4 Å². The Hall–Kier alpha value is -2.58. The second-order valence-electron chi connectivity index (χ2n) is 24.2. The Labute approximate surface area is 502 Å². The molecular formula is C72H132N2O6P+. The largest absolute Gasteiger partial charge is 0.472 e. The summed E-state index contributed by atoms with van der Waals surface area (Å²) in [6, 6.07) is -0.766. The molecule has 3 atom stereocenters. The minimum Gasteiger partial charge on any atom is -0.391 e. The van der Waals surface area contributed by atoms with Crippen LogP contribution in [-0.2, 0) is 18.4 Å². The first-order chi connectivity index (χ1) is 39.5. The number of phosphoric ester groups is 1. The average Bonchev–Trinajstić information content (AvgIpc) is 3.43. The van der Waals surface area contributed by atoms with Gasteiger partial charge in [0.15, 0.2) is 0 Å². The highest BCUT2D eigenvalue weighted by molar-refractivity contribution is 7.47. The molecule has 0 rings (SSSR count). The zero-order chi connectivity index (χ0) is 59.1. The van der Waals surface area contributed by atoms with Crippen LogP contribution < -0.4 is 5.32 Å². The van der Waals surface area contributed by atoms with Crippen molar-refractivity contribution in [1.82, 2.24) is 5.32 Å². The molecule has 3 N–H and O–H groups in total. The summed E-state index contributed by atoms with van der Waals surface area (Å²) in [7, 11) is 1.62. The normalized spacial score (nSPS) is 14.3. The van der Waals surface area contributed by atoms with Crippen molar-refractivity contribution in [3.05, 3.63) is 97.2 Å². The monoisotopic (exact) mass is 1150 g/mol. The van der Waals surface area contributed by atoms with Crippen molar-refractivity contribution in [2.45, 2.75) is 315 Å². The summed E-state index contributed by atoms with van der Waals surface area (Å²) in [5, 5.41) is 14.1. The molecule has 0 aliphatic rings. The molecule has 0 saturated carbocycles. The van der Waals surface area contributed by atoms with Crippen molar-refractivity contribution >= 4 is 13.7 Å². The third-order valence-corrected chi connectivity index (χ3v) is 16.1. The highest BCUT2D eigenvalue weighted by Crippen LogP contribution is 2.43. The first-order valence-electron chi connectivity index (χ1n) is 34.1. The van der Waals surface area contributed by atoms with Gasteiger partial charge in [0.1, 0.15) is 13.2 Å². The minimum absolute atomic E-state index is 0.0725. The quantitative estimate of drug-likeness (QED) is 0.0243. The average molecular weight is 1150 g/mol. The van der Waals surface area contributed by atoms with Crippen molar-refractivity contribution in [2.75, 3.05) is 40.9 Å². The molecule has 0 fully saturated rings. The van der Waals surface area contributed by atoms with Crippen LogP contribution in [0.15, 0.2) is 97.2 Å². The molecule has 0 saturated heterocycles. The SMILES string of the molecule is CC/C=C\C/C=C\C/C=C\C/C=C\C/C=C\C/C=C\C/C=C\C/C=C\CCCCCCCCCCCCCCCCC(=O)NC(COP(=O)(O)OCC[N+](C)(C)C)C(O)CCCCCCCCCCCCCCCCCCCCCC. The first-order valence-corrected chi connectivity index (χ1v) is 35.6. The Morgan fingerprint density at radius 3 is 1.09 bits per heavy atom. The van der Waals surface area contributed by atoms with Crippen molar-refractivity contribution < 1.29 is 32.9 Å². The highest BCUT2D eigenvalue weighted by Gasteiger charge is 2.28. The van der Waals surface area contributed by atoms with Gasteiger partial charge in [0, 0.05) is 6.42 Å². The molecule has 0 bridgehead atoms. The van der Waals surface area contributed by atoms with E-state index in [4.69, 9.17) is 9.05 Å². The predicted molar refractivity (Wildman–Crippen MR) is 355 cm³/mol. The van der Waals surface area contributed by atoms with Gasteiger partial charge in [-0.3, -0.25) is 13.8 Å². The lowest BCUT2D eigenvalue weighted by Crippen LogP contribution is -2.46. The number of aliphatic hydroxyl groups excluding tert-OH is 1. The number of aliphatic hydroxyl groups is 1. The summed E-state index contributed by atoms with van der Waals surface area (Å²) in [6.45, 7) is 4.80. The molecular weight excluding hydrogens is 1020 g/mol. The van der Waals surface area contributed by atoms with Gasteiger partial charge in [0.2, 0.25) is 5.91 Å². The number of amides is 1. The molecule has 3 unspecified atom stereocenters. The third kappa shape index (κ3) is 64.8. The van der Waals surface area contributed by atoms with Crippen molar-refractivity contribution in [3.8, 4) is 0 Å². The summed E-state index contributed by atoms with van der Waals surface area (Å²) < 4.78 is 23.9. The van der Waals surface area contributed by atoms with Gasteiger partial charge in [-0.15, -0.1) is 0 Å². The van der Waals surface area contributed by atoms with Crippen LogP contribution in [0.2, 0.25) is 0 Å². The van der Waals surface area contributed by atoms with Gasteiger partial charge in [-0.2, -0.15) is 0 Å². The zero-order valence-electron chi connectivity index (χ0n) is 53.8. The topological polar surface area (TPSA) is 105 Å². The van der Waals surface area contributed by atoms with E-state index in [1.807, 2.05) is 21.1 Å². The van der Waals surface area contributed by atoms with Crippen molar-refractivity contribution in [3.63, 3.8) is 0 Å². The van der Waals surface area contributed by atoms with Gasteiger partial charge in [-0.05, 0) is 77.0 Å². The number of allylic oxidation sites excluding steroid dienone is 16. The maximum Gasteiger partial charge on any atom is 0.472 e. The second-order valence-corrected chi connectivity index (χ2v) is 25.6. The van der Waals surface area contributed by atoms with Crippen LogP contribution in [0.4, 0.5) is 0 Å². The van der Waals surface area contributed by atoms with Crippen LogP contribution >= 0.6 is 7.82 Å². The first kappa shape index (κ1) is 78.4. The fourth-order valence-corrected chi connectivity index (χ4v) is 10.6. The lowest BCUT2D eigenvalue weighted by molar-refractivity contribution is -0.870. The fourth-order valence-electron chi connectivity index (χ4n) is 9.83. The van der Waals surface area contributed by atoms with Crippen LogP contribution in [-0.4, -0.2) is 73.4 Å². The predicted octanol–water partition coefficient (Wildman–Crippen LogP) is 21.7. The molecule has 0 aromatic heterocycles. The van der Waals surface area contributed by atoms with Crippen LogP contribution in [0.25, 0.3) is 0 Å². The van der Waals surface area contributed by atoms with E-state index in [2.05, 4.69) is 116 Å². The fraction of sp³-hybridized carbons (Fsp3) is 0.764. The smallest absolute Gasteiger partial charge is 0.391 e. The van der Waals surface area contributed by atoms with Gasteiger partial charge in [0.05, 0.1) is 39.9 Å². The lowest BCUT2D eigenvalue weighted by Gasteiger charge is -2.26. The van der Waals surface area contributed by atoms with Crippen LogP contribution in [0.5, 0.6) is 0 Å². The number of phosphoric acid groups is 1. The summed E-state index contributed by atoms with van der Waals surface area (Å²) in [4.78, 5) is 23.4. The van der Waals surface area contributed by atoms with E-state index in [0.29, 0.717) is 23.9 Å². The summed E-state index contributed by atoms with van der Waals surface area (Å²) in [5.74, 6) is -0.144. The Morgan fingerprint density at radius 2 is 0.741 bits per heavy atom.